The van der Waals surface area contributed by atoms with Gasteiger partial charge in [0.1, 0.15) is 11.3 Å². The Labute approximate surface area is 140 Å². The lowest BCUT2D eigenvalue weighted by atomic mass is 10.1. The van der Waals surface area contributed by atoms with Crippen LogP contribution in [-0.2, 0) is 16.0 Å². The van der Waals surface area contributed by atoms with Gasteiger partial charge in [0.2, 0.25) is 0 Å². The van der Waals surface area contributed by atoms with E-state index in [4.69, 9.17) is 4.74 Å². The van der Waals surface area contributed by atoms with Crippen LogP contribution in [0.4, 0.5) is 5.69 Å². The molecule has 1 amide bonds. The Morgan fingerprint density at radius 2 is 1.83 bits per heavy atom. The molecule has 0 fully saturated rings. The van der Waals surface area contributed by atoms with Gasteiger partial charge in [0, 0.05) is 11.7 Å². The number of esters is 1. The third kappa shape index (κ3) is 2.85. The standard InChI is InChI=1S/C19H19NO4/c1-12-11-14-7-3-5-9-16(14)20(12)18(22)13(2)24-19(23)15-8-4-6-10-17(15)21/h3-10,12-13,21H,11H2,1-2H3/t12-,13+/m1/s1. The van der Waals surface area contributed by atoms with E-state index in [1.165, 1.54) is 12.1 Å². The summed E-state index contributed by atoms with van der Waals surface area (Å²) in [7, 11) is 0. The van der Waals surface area contributed by atoms with E-state index < -0.39 is 12.1 Å². The first-order chi connectivity index (χ1) is 11.5. The minimum Gasteiger partial charge on any atom is -0.507 e. The summed E-state index contributed by atoms with van der Waals surface area (Å²) in [6.45, 7) is 3.52. The van der Waals surface area contributed by atoms with Crippen molar-refractivity contribution in [1.82, 2.24) is 0 Å². The molecule has 1 N–H and O–H groups in total. The normalized spacial score (nSPS) is 17.2. The number of amides is 1. The molecule has 3 rings (SSSR count). The number of hydrogen-bond acceptors (Lipinski definition) is 4. The van der Waals surface area contributed by atoms with Crippen molar-refractivity contribution in [3.05, 3.63) is 59.7 Å². The van der Waals surface area contributed by atoms with Gasteiger partial charge in [-0.05, 0) is 44.0 Å². The Balaban J connectivity index is 1.76. The van der Waals surface area contributed by atoms with Crippen LogP contribution in [0.5, 0.6) is 5.75 Å². The summed E-state index contributed by atoms with van der Waals surface area (Å²) in [5.74, 6) is -1.15. The molecule has 0 saturated heterocycles. The van der Waals surface area contributed by atoms with Gasteiger partial charge in [-0.25, -0.2) is 4.79 Å². The molecule has 2 atom stereocenters. The molecule has 0 spiro atoms. The Hall–Kier alpha value is -2.82. The topological polar surface area (TPSA) is 66.8 Å². The van der Waals surface area contributed by atoms with Crippen molar-refractivity contribution in [2.75, 3.05) is 4.90 Å². The smallest absolute Gasteiger partial charge is 0.342 e. The van der Waals surface area contributed by atoms with Gasteiger partial charge in [-0.3, -0.25) is 4.79 Å². The number of hydrogen-bond donors (Lipinski definition) is 1. The lowest BCUT2D eigenvalue weighted by Crippen LogP contribution is -2.43. The van der Waals surface area contributed by atoms with Gasteiger partial charge in [0.15, 0.2) is 6.10 Å². The van der Waals surface area contributed by atoms with Gasteiger partial charge in [0.25, 0.3) is 5.91 Å². The number of phenols is 1. The van der Waals surface area contributed by atoms with E-state index in [2.05, 4.69) is 0 Å². The highest BCUT2D eigenvalue weighted by atomic mass is 16.5. The number of carbonyl (C=O) groups excluding carboxylic acids is 2. The summed E-state index contributed by atoms with van der Waals surface area (Å²) < 4.78 is 5.26. The molecule has 5 heteroatoms. The van der Waals surface area contributed by atoms with Crippen molar-refractivity contribution < 1.29 is 19.4 Å². The Morgan fingerprint density at radius 3 is 2.58 bits per heavy atom. The Kier molecular flexibility index (Phi) is 4.25. The van der Waals surface area contributed by atoms with Crippen LogP contribution >= 0.6 is 0 Å². The van der Waals surface area contributed by atoms with Gasteiger partial charge >= 0.3 is 5.97 Å². The first-order valence-corrected chi connectivity index (χ1v) is 7.89. The zero-order chi connectivity index (χ0) is 17.3. The van der Waals surface area contributed by atoms with Crippen molar-refractivity contribution in [2.24, 2.45) is 0 Å². The van der Waals surface area contributed by atoms with Crippen molar-refractivity contribution in [3.8, 4) is 5.75 Å². The third-order valence-corrected chi connectivity index (χ3v) is 4.20. The number of fused-ring (bicyclic) bond motifs is 1. The SMILES string of the molecule is C[C@H](OC(=O)c1ccccc1O)C(=O)N1c2ccccc2C[C@H]1C. The molecular formula is C19H19NO4. The summed E-state index contributed by atoms with van der Waals surface area (Å²) in [5.41, 5.74) is 2.02. The summed E-state index contributed by atoms with van der Waals surface area (Å²) >= 11 is 0. The molecule has 24 heavy (non-hydrogen) atoms. The summed E-state index contributed by atoms with van der Waals surface area (Å²) in [6, 6.07) is 13.8. The number of para-hydroxylation sites is 2. The average Bonchev–Trinajstić information content (AvgIpc) is 2.90. The molecule has 1 aliphatic rings. The van der Waals surface area contributed by atoms with E-state index >= 15 is 0 Å². The summed E-state index contributed by atoms with van der Waals surface area (Å²) in [4.78, 5) is 26.6. The maximum atomic E-state index is 12.8. The van der Waals surface area contributed by atoms with E-state index in [1.807, 2.05) is 31.2 Å². The second kappa shape index (κ2) is 6.35. The van der Waals surface area contributed by atoms with E-state index in [0.717, 1.165) is 17.7 Å². The van der Waals surface area contributed by atoms with Crippen LogP contribution in [0.25, 0.3) is 0 Å². The monoisotopic (exact) mass is 325 g/mol. The lowest BCUT2D eigenvalue weighted by molar-refractivity contribution is -0.126. The largest absolute Gasteiger partial charge is 0.507 e. The highest BCUT2D eigenvalue weighted by molar-refractivity contribution is 6.01. The highest BCUT2D eigenvalue weighted by Gasteiger charge is 2.34. The minimum atomic E-state index is -0.939. The first-order valence-electron chi connectivity index (χ1n) is 7.89. The van der Waals surface area contributed by atoms with E-state index in [1.54, 1.807) is 24.0 Å². The molecule has 0 aliphatic carbocycles. The molecule has 2 aromatic carbocycles. The van der Waals surface area contributed by atoms with Crippen molar-refractivity contribution in [2.45, 2.75) is 32.4 Å². The number of carbonyl (C=O) groups is 2. The molecule has 0 unspecified atom stereocenters. The second-order valence-corrected chi connectivity index (χ2v) is 5.95. The van der Waals surface area contributed by atoms with Crippen LogP contribution < -0.4 is 4.90 Å². The molecule has 0 radical (unpaired) electrons. The molecule has 2 aromatic rings. The number of anilines is 1. The second-order valence-electron chi connectivity index (χ2n) is 5.95. The zero-order valence-electron chi connectivity index (χ0n) is 13.6. The Morgan fingerprint density at radius 1 is 1.17 bits per heavy atom. The van der Waals surface area contributed by atoms with Gasteiger partial charge in [0.05, 0.1) is 0 Å². The molecule has 1 heterocycles. The molecule has 124 valence electrons. The van der Waals surface area contributed by atoms with Crippen LogP contribution in [0.15, 0.2) is 48.5 Å². The van der Waals surface area contributed by atoms with Gasteiger partial charge in [-0.15, -0.1) is 0 Å². The predicted molar refractivity (Wildman–Crippen MR) is 90.1 cm³/mol. The van der Waals surface area contributed by atoms with Crippen LogP contribution in [0.1, 0.15) is 29.8 Å². The van der Waals surface area contributed by atoms with E-state index in [-0.39, 0.29) is 23.3 Å². The number of nitrogens with zero attached hydrogens (tertiary/aromatic N) is 1. The molecule has 1 aliphatic heterocycles. The third-order valence-electron chi connectivity index (χ3n) is 4.20. The maximum absolute atomic E-state index is 12.8. The minimum absolute atomic E-state index is 0.0150. The van der Waals surface area contributed by atoms with Crippen molar-refractivity contribution in [1.29, 1.82) is 0 Å². The fraction of sp³-hybridized carbons (Fsp3) is 0.263. The number of aromatic hydroxyl groups is 1. The Bertz CT molecular complexity index is 786. The summed E-state index contributed by atoms with van der Waals surface area (Å²) in [6.07, 6.45) is -0.159. The predicted octanol–water partition coefficient (Wildman–Crippen LogP) is 2.92. The number of benzene rings is 2. The number of rotatable bonds is 3. The summed E-state index contributed by atoms with van der Waals surface area (Å²) in [5, 5.41) is 9.72. The van der Waals surface area contributed by atoms with Gasteiger partial charge in [-0.2, -0.15) is 0 Å². The van der Waals surface area contributed by atoms with Crippen molar-refractivity contribution in [3.63, 3.8) is 0 Å². The highest BCUT2D eigenvalue weighted by Crippen LogP contribution is 2.32. The number of ether oxygens (including phenoxy) is 1. The molecular weight excluding hydrogens is 306 g/mol. The van der Waals surface area contributed by atoms with E-state index in [0.29, 0.717) is 0 Å². The average molecular weight is 325 g/mol. The maximum Gasteiger partial charge on any atom is 0.342 e. The lowest BCUT2D eigenvalue weighted by Gasteiger charge is -2.26. The molecule has 0 saturated carbocycles. The van der Waals surface area contributed by atoms with Crippen LogP contribution in [0.2, 0.25) is 0 Å². The molecule has 0 bridgehead atoms. The number of phenolic OH excluding ortho intramolecular Hbond substituents is 1. The van der Waals surface area contributed by atoms with Gasteiger partial charge in [-0.1, -0.05) is 30.3 Å². The van der Waals surface area contributed by atoms with Gasteiger partial charge < -0.3 is 14.7 Å². The van der Waals surface area contributed by atoms with E-state index in [9.17, 15) is 14.7 Å². The quantitative estimate of drug-likeness (QED) is 0.881. The van der Waals surface area contributed by atoms with Crippen LogP contribution in [-0.4, -0.2) is 29.1 Å². The first kappa shape index (κ1) is 16.1. The fourth-order valence-corrected chi connectivity index (χ4v) is 3.02. The van der Waals surface area contributed by atoms with Crippen molar-refractivity contribution >= 4 is 17.6 Å². The molecule has 0 aromatic heterocycles. The fourth-order valence-electron chi connectivity index (χ4n) is 3.02. The molecule has 5 nitrogen and oxygen atoms in total. The van der Waals surface area contributed by atoms with Crippen LogP contribution in [0.3, 0.4) is 0 Å². The zero-order valence-corrected chi connectivity index (χ0v) is 13.6. The van der Waals surface area contributed by atoms with Crippen LogP contribution in [0, 0.1) is 0 Å².